The molecular formula is C28H29N4O3-. The normalized spacial score (nSPS) is 17.9. The first kappa shape index (κ1) is 23.1. The van der Waals surface area contributed by atoms with E-state index in [0.29, 0.717) is 31.4 Å². The molecule has 0 atom stereocenters. The van der Waals surface area contributed by atoms with Gasteiger partial charge in [-0.15, -0.1) is 0 Å². The Morgan fingerprint density at radius 1 is 0.971 bits per heavy atom. The molecule has 0 unspecified atom stereocenters. The van der Waals surface area contributed by atoms with E-state index in [4.69, 9.17) is 15.5 Å². The lowest BCUT2D eigenvalue weighted by Gasteiger charge is -2.36. The minimum Gasteiger partial charge on any atom is -0.758 e. The summed E-state index contributed by atoms with van der Waals surface area (Å²) < 4.78 is 5.40. The number of hydrogen-bond acceptors (Lipinski definition) is 6. The number of carbonyl (C=O) groups is 1. The minimum atomic E-state index is -1.24. The van der Waals surface area contributed by atoms with Gasteiger partial charge in [-0.2, -0.15) is 0 Å². The molecule has 3 aromatic carbocycles. The first-order valence-corrected chi connectivity index (χ1v) is 12.0. The van der Waals surface area contributed by atoms with Gasteiger partial charge in [0.15, 0.2) is 11.5 Å². The average molecular weight is 470 g/mol. The number of carbonyl (C=O) groups excluding carboxylic acids is 1. The third-order valence-electron chi connectivity index (χ3n) is 6.80. The van der Waals surface area contributed by atoms with Crippen LogP contribution in [0, 0.1) is 11.1 Å². The maximum absolute atomic E-state index is 14.0. The lowest BCUT2D eigenvalue weighted by atomic mass is 9.83. The van der Waals surface area contributed by atoms with Crippen molar-refractivity contribution in [3.63, 3.8) is 0 Å². The van der Waals surface area contributed by atoms with E-state index in [-0.39, 0.29) is 18.4 Å². The van der Waals surface area contributed by atoms with Gasteiger partial charge in [0.1, 0.15) is 0 Å². The summed E-state index contributed by atoms with van der Waals surface area (Å²) in [6.45, 7) is 2.08. The number of guanidine groups is 1. The summed E-state index contributed by atoms with van der Waals surface area (Å²) in [4.78, 5) is 20.2. The molecule has 2 N–H and O–H groups in total. The van der Waals surface area contributed by atoms with E-state index in [1.54, 1.807) is 6.07 Å². The fourth-order valence-corrected chi connectivity index (χ4v) is 4.90. The molecular weight excluding hydrogens is 440 g/mol. The number of hydroxylamine groups is 1. The van der Waals surface area contributed by atoms with Crippen LogP contribution in [-0.2, 0) is 21.6 Å². The molecule has 1 saturated heterocycles. The van der Waals surface area contributed by atoms with Crippen LogP contribution in [0.5, 0.6) is 0 Å². The quantitative estimate of drug-likeness (QED) is 0.528. The third kappa shape index (κ3) is 4.52. The predicted molar refractivity (Wildman–Crippen MR) is 137 cm³/mol. The summed E-state index contributed by atoms with van der Waals surface area (Å²) in [5, 5.41) is 13.9. The molecule has 1 amide bonds. The van der Waals surface area contributed by atoms with E-state index in [2.05, 4.69) is 0 Å². The van der Waals surface area contributed by atoms with Crippen LogP contribution in [0.4, 0.5) is 5.69 Å². The van der Waals surface area contributed by atoms with Crippen molar-refractivity contribution < 1.29 is 9.53 Å². The molecule has 2 aliphatic heterocycles. The molecule has 5 rings (SSSR count). The standard InChI is InChI=1S/C28H29N4O3/c29-27-30-28(23-9-3-1-4-10-23,24-11-5-2-6-12-24)26(33)31(27)19-22-8-7-13-25(18-22)32(34)20-21-14-16-35-17-15-21/h1-13,18,21H,14-17,19-20H2,(H2,29,30)/q-1. The fraction of sp³-hybridized carbons (Fsp3) is 0.286. The Kier molecular flexibility index (Phi) is 6.53. The number of nitrogens with two attached hydrogens (primary N) is 1. The number of nitrogens with zero attached hydrogens (tertiary/aromatic N) is 3. The molecule has 2 heterocycles. The zero-order valence-electron chi connectivity index (χ0n) is 19.5. The van der Waals surface area contributed by atoms with E-state index in [1.165, 1.54) is 4.90 Å². The number of amides is 1. The molecule has 0 aromatic heterocycles. The van der Waals surface area contributed by atoms with Crippen LogP contribution in [0.2, 0.25) is 0 Å². The van der Waals surface area contributed by atoms with Crippen molar-refractivity contribution in [1.82, 2.24) is 4.90 Å². The maximum Gasteiger partial charge on any atom is 0.266 e. The Hall–Kier alpha value is -3.68. The average Bonchev–Trinajstić information content (AvgIpc) is 3.16. The van der Waals surface area contributed by atoms with Gasteiger partial charge in [-0.3, -0.25) is 9.69 Å². The highest BCUT2D eigenvalue weighted by Crippen LogP contribution is 2.40. The monoisotopic (exact) mass is 469 g/mol. The Bertz CT molecular complexity index is 1150. The second-order valence-corrected chi connectivity index (χ2v) is 9.09. The third-order valence-corrected chi connectivity index (χ3v) is 6.80. The lowest BCUT2D eigenvalue weighted by molar-refractivity contribution is -0.130. The van der Waals surface area contributed by atoms with Crippen LogP contribution in [0.3, 0.4) is 0 Å². The molecule has 1 fully saturated rings. The minimum absolute atomic E-state index is 0.161. The number of aliphatic imine (C=N–C) groups is 1. The van der Waals surface area contributed by atoms with Crippen molar-refractivity contribution in [2.75, 3.05) is 24.8 Å². The van der Waals surface area contributed by atoms with Gasteiger partial charge < -0.3 is 20.7 Å². The van der Waals surface area contributed by atoms with Gasteiger partial charge >= 0.3 is 0 Å². The van der Waals surface area contributed by atoms with E-state index in [9.17, 15) is 10.0 Å². The molecule has 0 bridgehead atoms. The molecule has 0 aliphatic carbocycles. The Morgan fingerprint density at radius 2 is 1.60 bits per heavy atom. The van der Waals surface area contributed by atoms with Gasteiger partial charge in [-0.1, -0.05) is 72.8 Å². The van der Waals surface area contributed by atoms with Crippen molar-refractivity contribution >= 4 is 17.6 Å². The lowest BCUT2D eigenvalue weighted by Crippen LogP contribution is -2.43. The Morgan fingerprint density at radius 3 is 2.23 bits per heavy atom. The van der Waals surface area contributed by atoms with Crippen molar-refractivity contribution in [1.29, 1.82) is 0 Å². The van der Waals surface area contributed by atoms with Crippen LogP contribution < -0.4 is 10.8 Å². The molecule has 180 valence electrons. The molecule has 0 radical (unpaired) electrons. The van der Waals surface area contributed by atoms with Crippen LogP contribution in [-0.4, -0.2) is 36.5 Å². The fourth-order valence-electron chi connectivity index (χ4n) is 4.90. The van der Waals surface area contributed by atoms with Crippen LogP contribution in [0.25, 0.3) is 0 Å². The predicted octanol–water partition coefficient (Wildman–Crippen LogP) is 4.02. The van der Waals surface area contributed by atoms with Crippen LogP contribution >= 0.6 is 0 Å². The van der Waals surface area contributed by atoms with Crippen LogP contribution in [0.1, 0.15) is 29.5 Å². The summed E-state index contributed by atoms with van der Waals surface area (Å²) in [6.07, 6.45) is 1.80. The zero-order chi connectivity index (χ0) is 24.3. The summed E-state index contributed by atoms with van der Waals surface area (Å²) in [5.74, 6) is 0.276. The van der Waals surface area contributed by atoms with E-state index >= 15 is 0 Å². The molecule has 0 saturated carbocycles. The van der Waals surface area contributed by atoms with Crippen LogP contribution in [0.15, 0.2) is 89.9 Å². The van der Waals surface area contributed by atoms with Gasteiger partial charge in [0.2, 0.25) is 0 Å². The molecule has 2 aliphatic rings. The number of rotatable bonds is 7. The Balaban J connectivity index is 1.40. The largest absolute Gasteiger partial charge is 0.758 e. The topological polar surface area (TPSA) is 94.2 Å². The SMILES string of the molecule is NC1=NC(c2ccccc2)(c2ccccc2)C(=O)N1Cc1cccc(N([O-])CC2CCOCC2)c1. The van der Waals surface area contributed by atoms with Gasteiger partial charge in [0.25, 0.3) is 5.91 Å². The number of benzene rings is 3. The van der Waals surface area contributed by atoms with Crippen molar-refractivity contribution in [2.24, 2.45) is 16.6 Å². The highest BCUT2D eigenvalue weighted by molar-refractivity contribution is 6.09. The molecule has 7 heteroatoms. The van der Waals surface area contributed by atoms with Gasteiger partial charge in [-0.05, 0) is 47.6 Å². The van der Waals surface area contributed by atoms with E-state index in [1.807, 2.05) is 78.9 Å². The highest BCUT2D eigenvalue weighted by atomic mass is 16.5. The van der Waals surface area contributed by atoms with Crippen molar-refractivity contribution in [3.8, 4) is 0 Å². The van der Waals surface area contributed by atoms with Crippen molar-refractivity contribution in [2.45, 2.75) is 24.9 Å². The summed E-state index contributed by atoms with van der Waals surface area (Å²) >= 11 is 0. The van der Waals surface area contributed by atoms with Crippen molar-refractivity contribution in [3.05, 3.63) is 107 Å². The van der Waals surface area contributed by atoms with Gasteiger partial charge in [0.05, 0.1) is 6.54 Å². The highest BCUT2D eigenvalue weighted by Gasteiger charge is 2.50. The maximum atomic E-state index is 14.0. The smallest absolute Gasteiger partial charge is 0.266 e. The Labute approximate surface area is 205 Å². The molecule has 0 spiro atoms. The van der Waals surface area contributed by atoms with E-state index in [0.717, 1.165) is 34.6 Å². The van der Waals surface area contributed by atoms with E-state index < -0.39 is 5.54 Å². The number of hydrogen-bond donors (Lipinski definition) is 1. The molecule has 35 heavy (non-hydrogen) atoms. The molecule has 7 nitrogen and oxygen atoms in total. The first-order chi connectivity index (χ1) is 17.1. The second kappa shape index (κ2) is 9.90. The summed E-state index contributed by atoms with van der Waals surface area (Å²) in [5.41, 5.74) is 8.04. The van der Waals surface area contributed by atoms with Gasteiger partial charge in [0, 0.05) is 25.4 Å². The number of anilines is 1. The summed E-state index contributed by atoms with van der Waals surface area (Å²) in [6, 6.07) is 26.4. The summed E-state index contributed by atoms with van der Waals surface area (Å²) in [7, 11) is 0. The first-order valence-electron chi connectivity index (χ1n) is 12.0. The second-order valence-electron chi connectivity index (χ2n) is 9.09. The number of ether oxygens (including phenoxy) is 1. The van der Waals surface area contributed by atoms with Gasteiger partial charge in [-0.25, -0.2) is 4.99 Å². The molecule has 3 aromatic rings. The zero-order valence-corrected chi connectivity index (χ0v) is 19.5.